The zero-order chi connectivity index (χ0) is 15.2. The van der Waals surface area contributed by atoms with Crippen molar-refractivity contribution in [1.82, 2.24) is 9.97 Å². The predicted octanol–water partition coefficient (Wildman–Crippen LogP) is 3.56. The number of halogens is 1. The summed E-state index contributed by atoms with van der Waals surface area (Å²) in [5, 5.41) is 3.23. The van der Waals surface area contributed by atoms with Gasteiger partial charge in [0.2, 0.25) is 0 Å². The lowest BCUT2D eigenvalue weighted by atomic mass is 10.1. The fourth-order valence-corrected chi connectivity index (χ4v) is 2.07. The monoisotopic (exact) mass is 289 g/mol. The van der Waals surface area contributed by atoms with Gasteiger partial charge in [-0.1, -0.05) is 6.92 Å². The molecule has 0 aliphatic carbocycles. The van der Waals surface area contributed by atoms with Gasteiger partial charge in [0.15, 0.2) is 5.82 Å². The highest BCUT2D eigenvalue weighted by atomic mass is 19.1. The van der Waals surface area contributed by atoms with Crippen molar-refractivity contribution in [3.05, 3.63) is 41.5 Å². The number of hydrogen-bond donors (Lipinski definition) is 1. The van der Waals surface area contributed by atoms with Gasteiger partial charge in [0, 0.05) is 25.3 Å². The average Bonchev–Trinajstić information content (AvgIpc) is 2.44. The first-order valence-electron chi connectivity index (χ1n) is 7.00. The van der Waals surface area contributed by atoms with Gasteiger partial charge < -0.3 is 10.1 Å². The molecule has 1 heterocycles. The number of benzene rings is 1. The van der Waals surface area contributed by atoms with E-state index < -0.39 is 0 Å². The van der Waals surface area contributed by atoms with Crippen LogP contribution in [0.3, 0.4) is 0 Å². The van der Waals surface area contributed by atoms with E-state index in [9.17, 15) is 4.39 Å². The minimum Gasteiger partial charge on any atom is -0.377 e. The van der Waals surface area contributed by atoms with Crippen LogP contribution in [0.1, 0.15) is 24.7 Å². The van der Waals surface area contributed by atoms with E-state index in [4.69, 9.17) is 4.74 Å². The van der Waals surface area contributed by atoms with Crippen molar-refractivity contribution in [2.75, 3.05) is 19.0 Å². The fraction of sp³-hybridized carbons (Fsp3) is 0.375. The number of aromatic nitrogens is 2. The molecule has 4 nitrogen and oxygen atoms in total. The van der Waals surface area contributed by atoms with E-state index >= 15 is 0 Å². The van der Waals surface area contributed by atoms with Crippen LogP contribution in [0, 0.1) is 12.7 Å². The Balaban J connectivity index is 2.42. The zero-order valence-electron chi connectivity index (χ0n) is 12.6. The number of ether oxygens (including phenoxy) is 1. The van der Waals surface area contributed by atoms with Gasteiger partial charge in [0.05, 0.1) is 5.69 Å². The second-order valence-corrected chi connectivity index (χ2v) is 4.93. The van der Waals surface area contributed by atoms with E-state index in [-0.39, 0.29) is 5.82 Å². The highest BCUT2D eigenvalue weighted by molar-refractivity contribution is 5.63. The molecule has 0 aliphatic heterocycles. The van der Waals surface area contributed by atoms with Crippen LogP contribution in [0.25, 0.3) is 11.3 Å². The van der Waals surface area contributed by atoms with Gasteiger partial charge in [-0.3, -0.25) is 0 Å². The van der Waals surface area contributed by atoms with Crippen molar-refractivity contribution in [2.24, 2.45) is 0 Å². The summed E-state index contributed by atoms with van der Waals surface area (Å²) in [6, 6.07) is 6.72. The van der Waals surface area contributed by atoms with Crippen LogP contribution in [0.5, 0.6) is 0 Å². The summed E-state index contributed by atoms with van der Waals surface area (Å²) >= 11 is 0. The Morgan fingerprint density at radius 3 is 2.67 bits per heavy atom. The molecule has 0 unspecified atom stereocenters. The Hall–Kier alpha value is -2.01. The highest BCUT2D eigenvalue weighted by Gasteiger charge is 2.08. The third kappa shape index (κ3) is 4.23. The van der Waals surface area contributed by atoms with Crippen LogP contribution in [0.15, 0.2) is 24.3 Å². The van der Waals surface area contributed by atoms with Gasteiger partial charge >= 0.3 is 0 Å². The number of nitrogens with one attached hydrogen (secondary N) is 1. The van der Waals surface area contributed by atoms with Gasteiger partial charge in [-0.15, -0.1) is 0 Å². The Bertz CT molecular complexity index is 596. The smallest absolute Gasteiger partial charge is 0.157 e. The van der Waals surface area contributed by atoms with Crippen molar-refractivity contribution in [1.29, 1.82) is 0 Å². The predicted molar refractivity (Wildman–Crippen MR) is 81.7 cm³/mol. The first kappa shape index (κ1) is 15.4. The Kier molecular flexibility index (Phi) is 5.22. The van der Waals surface area contributed by atoms with Crippen LogP contribution in [0.2, 0.25) is 0 Å². The molecular weight excluding hydrogens is 269 g/mol. The van der Waals surface area contributed by atoms with Gasteiger partial charge in [-0.2, -0.15) is 0 Å². The second-order valence-electron chi connectivity index (χ2n) is 4.93. The molecule has 0 spiro atoms. The number of aryl methyl sites for hydroxylation is 1. The van der Waals surface area contributed by atoms with Crippen LogP contribution in [-0.4, -0.2) is 23.6 Å². The Morgan fingerprint density at radius 1 is 1.19 bits per heavy atom. The van der Waals surface area contributed by atoms with Crippen LogP contribution in [0.4, 0.5) is 10.2 Å². The Labute approximate surface area is 124 Å². The number of nitrogens with zero attached hydrogens (tertiary/aromatic N) is 2. The lowest BCUT2D eigenvalue weighted by molar-refractivity contribution is 0.178. The molecule has 0 atom stereocenters. The lowest BCUT2D eigenvalue weighted by Gasteiger charge is -2.10. The van der Waals surface area contributed by atoms with Crippen LogP contribution < -0.4 is 5.32 Å². The van der Waals surface area contributed by atoms with E-state index in [0.717, 1.165) is 29.9 Å². The maximum absolute atomic E-state index is 13.6. The van der Waals surface area contributed by atoms with Gasteiger partial charge in [-0.05, 0) is 37.1 Å². The van der Waals surface area contributed by atoms with Crippen molar-refractivity contribution >= 4 is 5.82 Å². The topological polar surface area (TPSA) is 47.0 Å². The van der Waals surface area contributed by atoms with Crippen LogP contribution in [-0.2, 0) is 11.3 Å². The maximum Gasteiger partial charge on any atom is 0.157 e. The molecule has 0 radical (unpaired) electrons. The fourth-order valence-electron chi connectivity index (χ4n) is 2.07. The number of anilines is 1. The highest BCUT2D eigenvalue weighted by Crippen LogP contribution is 2.22. The van der Waals surface area contributed by atoms with E-state index in [1.54, 1.807) is 7.11 Å². The van der Waals surface area contributed by atoms with Crippen molar-refractivity contribution in [3.8, 4) is 11.3 Å². The molecule has 2 aromatic rings. The molecule has 0 bridgehead atoms. The number of methoxy groups -OCH3 is 1. The molecule has 2 rings (SSSR count). The van der Waals surface area contributed by atoms with Gasteiger partial charge in [0.25, 0.3) is 0 Å². The van der Waals surface area contributed by atoms with Crippen LogP contribution >= 0.6 is 0 Å². The summed E-state index contributed by atoms with van der Waals surface area (Å²) in [6.45, 7) is 5.09. The molecule has 5 heteroatoms. The van der Waals surface area contributed by atoms with Crippen molar-refractivity contribution in [3.63, 3.8) is 0 Å². The number of hydrogen-bond acceptors (Lipinski definition) is 4. The first-order chi connectivity index (χ1) is 10.1. The maximum atomic E-state index is 13.6. The molecule has 1 aromatic heterocycles. The first-order valence-corrected chi connectivity index (χ1v) is 7.00. The third-order valence-corrected chi connectivity index (χ3v) is 2.94. The SMILES string of the molecule is CCCNc1cc(-c2cc(C)cc(F)c2)nc(COC)n1. The quantitative estimate of drug-likeness (QED) is 0.883. The summed E-state index contributed by atoms with van der Waals surface area (Å²) in [4.78, 5) is 8.83. The summed E-state index contributed by atoms with van der Waals surface area (Å²) in [5.41, 5.74) is 2.30. The summed E-state index contributed by atoms with van der Waals surface area (Å²) in [7, 11) is 1.60. The minimum absolute atomic E-state index is 0.264. The third-order valence-electron chi connectivity index (χ3n) is 2.94. The van der Waals surface area contributed by atoms with E-state index in [1.807, 2.05) is 19.1 Å². The van der Waals surface area contributed by atoms with Crippen molar-refractivity contribution < 1.29 is 9.13 Å². The largest absolute Gasteiger partial charge is 0.377 e. The molecule has 1 N–H and O–H groups in total. The summed E-state index contributed by atoms with van der Waals surface area (Å²) in [6.07, 6.45) is 0.998. The average molecular weight is 289 g/mol. The molecule has 0 aliphatic rings. The molecule has 1 aromatic carbocycles. The molecule has 0 saturated carbocycles. The molecular formula is C16H20FN3O. The standard InChI is InChI=1S/C16H20FN3O/c1-4-5-18-15-9-14(19-16(20-15)10-21-3)12-6-11(2)7-13(17)8-12/h6-9H,4-5,10H2,1-3H3,(H,18,19,20). The minimum atomic E-state index is -0.264. The second kappa shape index (κ2) is 7.13. The molecule has 0 fully saturated rings. The van der Waals surface area contributed by atoms with E-state index in [1.165, 1.54) is 12.1 Å². The lowest BCUT2D eigenvalue weighted by Crippen LogP contribution is -2.06. The summed E-state index contributed by atoms with van der Waals surface area (Å²) < 4.78 is 18.7. The summed E-state index contributed by atoms with van der Waals surface area (Å²) in [5.74, 6) is 1.05. The molecule has 21 heavy (non-hydrogen) atoms. The van der Waals surface area contributed by atoms with Gasteiger partial charge in [-0.25, -0.2) is 14.4 Å². The van der Waals surface area contributed by atoms with Crippen molar-refractivity contribution in [2.45, 2.75) is 26.9 Å². The zero-order valence-corrected chi connectivity index (χ0v) is 12.6. The number of rotatable bonds is 6. The van der Waals surface area contributed by atoms with Gasteiger partial charge in [0.1, 0.15) is 18.2 Å². The van der Waals surface area contributed by atoms with E-state index in [0.29, 0.717) is 18.1 Å². The molecule has 0 saturated heterocycles. The molecule has 112 valence electrons. The van der Waals surface area contributed by atoms with E-state index in [2.05, 4.69) is 22.2 Å². The Morgan fingerprint density at radius 2 is 2.00 bits per heavy atom. The molecule has 0 amide bonds. The normalized spacial score (nSPS) is 10.7.